The number of hydrogen-bond donors (Lipinski definition) is 2. The van der Waals surface area contributed by atoms with Crippen LogP contribution in [0.2, 0.25) is 0 Å². The van der Waals surface area contributed by atoms with Crippen LogP contribution in [0, 0.1) is 28.4 Å². The molecule has 8 heteroatoms. The van der Waals surface area contributed by atoms with Gasteiger partial charge in [-0.3, -0.25) is 9.69 Å². The molecule has 1 aliphatic heterocycles. The van der Waals surface area contributed by atoms with Gasteiger partial charge in [0.15, 0.2) is 5.96 Å². The molecule has 1 unspecified atom stereocenters. The van der Waals surface area contributed by atoms with Crippen LogP contribution in [0.3, 0.4) is 0 Å². The lowest BCUT2D eigenvalue weighted by Gasteiger charge is -2.46. The summed E-state index contributed by atoms with van der Waals surface area (Å²) >= 11 is 0. The number of carbonyl (C=O) groups is 1. The number of aliphatic imine (C=N–C) groups is 1. The molecule has 0 aliphatic carbocycles. The molecule has 29 heavy (non-hydrogen) atoms. The van der Waals surface area contributed by atoms with Gasteiger partial charge in [-0.2, -0.15) is 5.26 Å². The molecular formula is C21H21F2N5O. The zero-order chi connectivity index (χ0) is 21.6. The number of hydrogen-bond acceptors (Lipinski definition) is 5. The molecule has 1 atom stereocenters. The van der Waals surface area contributed by atoms with Crippen LogP contribution >= 0.6 is 0 Å². The molecule has 3 rings (SSSR count). The molecule has 1 amide bonds. The Bertz CT molecular complexity index is 1070. The summed E-state index contributed by atoms with van der Waals surface area (Å²) in [7, 11) is 1.52. The van der Waals surface area contributed by atoms with E-state index < -0.39 is 22.6 Å². The van der Waals surface area contributed by atoms with Crippen molar-refractivity contribution in [1.82, 2.24) is 4.90 Å². The van der Waals surface area contributed by atoms with Gasteiger partial charge in [-0.1, -0.05) is 0 Å². The fraction of sp³-hybridized carbons (Fsp3) is 0.286. The smallest absolute Gasteiger partial charge is 0.237 e. The Labute approximate surface area is 167 Å². The number of nitriles is 1. The molecule has 3 N–H and O–H groups in total. The minimum atomic E-state index is -1.27. The second kappa shape index (κ2) is 6.85. The van der Waals surface area contributed by atoms with E-state index in [1.54, 1.807) is 20.8 Å². The number of nitrogens with zero attached hydrogens (tertiary/aromatic N) is 3. The Kier molecular flexibility index (Phi) is 4.79. The lowest BCUT2D eigenvalue weighted by molar-refractivity contribution is -0.140. The Morgan fingerprint density at radius 1 is 1.14 bits per heavy atom. The highest BCUT2D eigenvalue weighted by atomic mass is 19.1. The van der Waals surface area contributed by atoms with Crippen LogP contribution in [-0.2, 0) is 10.3 Å². The van der Waals surface area contributed by atoms with Crippen LogP contribution in [0.15, 0.2) is 41.4 Å². The van der Waals surface area contributed by atoms with Gasteiger partial charge in [-0.15, -0.1) is 0 Å². The molecule has 1 aliphatic rings. The highest BCUT2D eigenvalue weighted by molar-refractivity contribution is 6.01. The lowest BCUT2D eigenvalue weighted by Crippen LogP contribution is -2.58. The van der Waals surface area contributed by atoms with E-state index in [9.17, 15) is 13.6 Å². The van der Waals surface area contributed by atoms with Crippen molar-refractivity contribution in [3.63, 3.8) is 0 Å². The summed E-state index contributed by atoms with van der Waals surface area (Å²) < 4.78 is 29.1. The van der Waals surface area contributed by atoms with Crippen molar-refractivity contribution in [1.29, 1.82) is 5.26 Å². The third-order valence-corrected chi connectivity index (χ3v) is 5.61. The number of halogens is 2. The first-order chi connectivity index (χ1) is 13.5. The Balaban J connectivity index is 2.08. The average Bonchev–Trinajstić information content (AvgIpc) is 2.68. The van der Waals surface area contributed by atoms with Crippen LogP contribution in [-0.4, -0.2) is 23.8 Å². The zero-order valence-corrected chi connectivity index (χ0v) is 16.5. The normalized spacial score (nSPS) is 20.8. The number of guanidine groups is 1. The van der Waals surface area contributed by atoms with Crippen molar-refractivity contribution in [2.75, 3.05) is 12.4 Å². The fourth-order valence-electron chi connectivity index (χ4n) is 3.39. The summed E-state index contributed by atoms with van der Waals surface area (Å²) in [5.41, 5.74) is 4.44. The van der Waals surface area contributed by atoms with Crippen LogP contribution in [0.25, 0.3) is 0 Å². The van der Waals surface area contributed by atoms with E-state index in [0.29, 0.717) is 5.69 Å². The molecule has 0 aromatic heterocycles. The van der Waals surface area contributed by atoms with Gasteiger partial charge in [-0.05, 0) is 57.2 Å². The molecular weight excluding hydrogens is 376 g/mol. The summed E-state index contributed by atoms with van der Waals surface area (Å²) in [5, 5.41) is 11.7. The Hall–Kier alpha value is -3.47. The predicted octanol–water partition coefficient (Wildman–Crippen LogP) is 3.61. The molecule has 0 saturated carbocycles. The molecule has 0 bridgehead atoms. The molecule has 0 saturated heterocycles. The predicted molar refractivity (Wildman–Crippen MR) is 106 cm³/mol. The fourth-order valence-corrected chi connectivity index (χ4v) is 3.39. The number of nitrogens with two attached hydrogens (primary N) is 1. The summed E-state index contributed by atoms with van der Waals surface area (Å²) in [4.78, 5) is 18.5. The topological polar surface area (TPSA) is 94.5 Å². The van der Waals surface area contributed by atoms with Crippen molar-refractivity contribution in [3.05, 3.63) is 59.2 Å². The van der Waals surface area contributed by atoms with Gasteiger partial charge >= 0.3 is 0 Å². The van der Waals surface area contributed by atoms with Crippen molar-refractivity contribution in [2.45, 2.75) is 26.3 Å². The average molecular weight is 397 g/mol. The Morgan fingerprint density at radius 2 is 1.83 bits per heavy atom. The summed E-state index contributed by atoms with van der Waals surface area (Å²) in [6.07, 6.45) is 0. The monoisotopic (exact) mass is 397 g/mol. The van der Waals surface area contributed by atoms with E-state index in [4.69, 9.17) is 11.0 Å². The second-order valence-electron chi connectivity index (χ2n) is 7.66. The van der Waals surface area contributed by atoms with E-state index >= 15 is 0 Å². The SMILES string of the molecule is CN1C(=O)C(C)(C)C(C)(c2cc(Nc3ccc(C#N)cc3F)ccc2F)N=C1N. The van der Waals surface area contributed by atoms with Crippen molar-refractivity contribution in [2.24, 2.45) is 16.1 Å². The summed E-state index contributed by atoms with van der Waals surface area (Å²) in [5.74, 6) is -1.46. The van der Waals surface area contributed by atoms with Gasteiger partial charge in [0.25, 0.3) is 0 Å². The van der Waals surface area contributed by atoms with Crippen LogP contribution in [0.5, 0.6) is 0 Å². The number of rotatable bonds is 3. The van der Waals surface area contributed by atoms with Gasteiger partial charge in [0.2, 0.25) is 5.91 Å². The van der Waals surface area contributed by atoms with Gasteiger partial charge in [0.1, 0.15) is 17.2 Å². The first-order valence-corrected chi connectivity index (χ1v) is 8.91. The maximum absolute atomic E-state index is 14.8. The third-order valence-electron chi connectivity index (χ3n) is 5.61. The number of benzene rings is 2. The van der Waals surface area contributed by atoms with E-state index in [0.717, 1.165) is 6.07 Å². The molecule has 1 heterocycles. The minimum Gasteiger partial charge on any atom is -0.369 e. The third kappa shape index (κ3) is 3.18. The van der Waals surface area contributed by atoms with E-state index in [-0.39, 0.29) is 28.7 Å². The standard InChI is InChI=1S/C21H21F2N5O/c1-20(2)18(29)28(4)19(25)27-21(20,3)14-10-13(6-7-15(14)22)26-17-8-5-12(11-24)9-16(17)23/h5-10,26H,1-4H3,(H2,25,27). The summed E-state index contributed by atoms with van der Waals surface area (Å²) in [6.45, 7) is 5.01. The maximum atomic E-state index is 14.8. The molecule has 6 nitrogen and oxygen atoms in total. The first-order valence-electron chi connectivity index (χ1n) is 8.91. The van der Waals surface area contributed by atoms with Crippen molar-refractivity contribution in [3.8, 4) is 6.07 Å². The van der Waals surface area contributed by atoms with Gasteiger partial charge in [-0.25, -0.2) is 13.8 Å². The van der Waals surface area contributed by atoms with E-state index in [2.05, 4.69) is 10.3 Å². The summed E-state index contributed by atoms with van der Waals surface area (Å²) in [6, 6.07) is 10.1. The number of nitrogens with one attached hydrogen (secondary N) is 1. The largest absolute Gasteiger partial charge is 0.369 e. The van der Waals surface area contributed by atoms with Gasteiger partial charge in [0, 0.05) is 18.3 Å². The van der Waals surface area contributed by atoms with Crippen molar-refractivity contribution < 1.29 is 13.6 Å². The van der Waals surface area contributed by atoms with Crippen LogP contribution in [0.4, 0.5) is 20.2 Å². The molecule has 150 valence electrons. The lowest BCUT2D eigenvalue weighted by atomic mass is 9.67. The molecule has 2 aromatic carbocycles. The van der Waals surface area contributed by atoms with E-state index in [1.165, 1.54) is 42.3 Å². The van der Waals surface area contributed by atoms with Crippen LogP contribution < -0.4 is 11.1 Å². The molecule has 0 radical (unpaired) electrons. The second-order valence-corrected chi connectivity index (χ2v) is 7.66. The maximum Gasteiger partial charge on any atom is 0.237 e. The minimum absolute atomic E-state index is 0.00674. The first kappa shape index (κ1) is 20.3. The Morgan fingerprint density at radius 3 is 2.45 bits per heavy atom. The quantitative estimate of drug-likeness (QED) is 0.827. The highest BCUT2D eigenvalue weighted by Crippen LogP contribution is 2.47. The number of anilines is 2. The number of carbonyl (C=O) groups excluding carboxylic acids is 1. The van der Waals surface area contributed by atoms with Gasteiger partial charge in [0.05, 0.1) is 22.7 Å². The molecule has 0 spiro atoms. The van der Waals surface area contributed by atoms with Crippen molar-refractivity contribution >= 4 is 23.2 Å². The highest BCUT2D eigenvalue weighted by Gasteiger charge is 2.53. The van der Waals surface area contributed by atoms with Crippen LogP contribution in [0.1, 0.15) is 31.9 Å². The zero-order valence-electron chi connectivity index (χ0n) is 16.5. The number of amides is 1. The molecule has 2 aromatic rings. The van der Waals surface area contributed by atoms with E-state index in [1.807, 2.05) is 6.07 Å². The van der Waals surface area contributed by atoms with Gasteiger partial charge < -0.3 is 11.1 Å². The molecule has 0 fully saturated rings.